The molecule has 30 heavy (non-hydrogen) atoms. The highest BCUT2D eigenvalue weighted by molar-refractivity contribution is 5.91. The summed E-state index contributed by atoms with van der Waals surface area (Å²) in [6, 6.07) is 10.2. The number of carbonyl (C=O) groups excluding carboxylic acids is 2. The zero-order valence-corrected chi connectivity index (χ0v) is 17.9. The van der Waals surface area contributed by atoms with Gasteiger partial charge in [0.15, 0.2) is 6.10 Å². The molecule has 0 aromatic heterocycles. The van der Waals surface area contributed by atoms with Gasteiger partial charge in [0.2, 0.25) is 5.91 Å². The molecule has 2 saturated heterocycles. The molecule has 4 fully saturated rings. The van der Waals surface area contributed by atoms with Gasteiger partial charge in [0.1, 0.15) is 0 Å². The van der Waals surface area contributed by atoms with Gasteiger partial charge in [-0.3, -0.25) is 9.59 Å². The maximum atomic E-state index is 13.1. The molecule has 2 aliphatic carbocycles. The zero-order valence-electron chi connectivity index (χ0n) is 17.9. The fraction of sp³-hybridized carbons (Fsp3) is 0.680. The standard InChI is InChI=1S/C25H34N2O3/c28-22(17-19-7-3-1-4-8-19)26-15-11-21(12-16-26)27-24(29)23(30-18-20-9-10-20)25(27)13-5-2-6-14-25/h1,3-4,7-8,20-21,23H,2,5-6,9-18H2. The molecule has 0 N–H and O–H groups in total. The molecule has 0 radical (unpaired) electrons. The Morgan fingerprint density at radius 1 is 1.00 bits per heavy atom. The normalized spacial score (nSPS) is 26.7. The van der Waals surface area contributed by atoms with E-state index in [4.69, 9.17) is 4.74 Å². The van der Waals surface area contributed by atoms with Crippen LogP contribution in [-0.2, 0) is 20.7 Å². The van der Waals surface area contributed by atoms with E-state index in [1.165, 1.54) is 32.1 Å². The number of rotatable bonds is 6. The van der Waals surface area contributed by atoms with Crippen LogP contribution >= 0.6 is 0 Å². The molecule has 0 bridgehead atoms. The minimum atomic E-state index is -0.212. The van der Waals surface area contributed by atoms with Gasteiger partial charge in [0, 0.05) is 19.1 Å². The number of nitrogens with zero attached hydrogens (tertiary/aromatic N) is 2. The van der Waals surface area contributed by atoms with Crippen LogP contribution in [0.5, 0.6) is 0 Å². The van der Waals surface area contributed by atoms with E-state index in [-0.39, 0.29) is 29.5 Å². The van der Waals surface area contributed by atoms with E-state index in [2.05, 4.69) is 4.90 Å². The minimum absolute atomic E-state index is 0.0644. The lowest BCUT2D eigenvalue weighted by molar-refractivity contribution is -0.211. The molecule has 5 heteroatoms. The second kappa shape index (κ2) is 8.33. The summed E-state index contributed by atoms with van der Waals surface area (Å²) in [4.78, 5) is 30.1. The van der Waals surface area contributed by atoms with E-state index >= 15 is 0 Å². The highest BCUT2D eigenvalue weighted by atomic mass is 16.5. The number of likely N-dealkylation sites (tertiary alicyclic amines) is 2. The second-order valence-corrected chi connectivity index (χ2v) is 9.80. The van der Waals surface area contributed by atoms with Crippen LogP contribution in [0.15, 0.2) is 30.3 Å². The minimum Gasteiger partial charge on any atom is -0.366 e. The van der Waals surface area contributed by atoms with Crippen molar-refractivity contribution >= 4 is 11.8 Å². The molecule has 5 nitrogen and oxygen atoms in total. The van der Waals surface area contributed by atoms with Crippen molar-refractivity contribution in [2.24, 2.45) is 5.92 Å². The molecule has 2 amide bonds. The van der Waals surface area contributed by atoms with E-state index in [9.17, 15) is 9.59 Å². The van der Waals surface area contributed by atoms with Gasteiger partial charge in [-0.1, -0.05) is 49.6 Å². The molecule has 5 rings (SSSR count). The molecule has 1 atom stereocenters. The van der Waals surface area contributed by atoms with Crippen molar-refractivity contribution in [1.29, 1.82) is 0 Å². The van der Waals surface area contributed by atoms with E-state index in [0.29, 0.717) is 12.3 Å². The first kappa shape index (κ1) is 20.0. The molecule has 2 aliphatic heterocycles. The Morgan fingerprint density at radius 2 is 1.70 bits per heavy atom. The first-order chi connectivity index (χ1) is 14.7. The van der Waals surface area contributed by atoms with Gasteiger partial charge >= 0.3 is 0 Å². The largest absolute Gasteiger partial charge is 0.366 e. The number of benzene rings is 1. The molecule has 2 saturated carbocycles. The van der Waals surface area contributed by atoms with Crippen LogP contribution in [-0.4, -0.2) is 59.0 Å². The molecule has 1 aromatic rings. The zero-order chi connectivity index (χ0) is 20.6. The third kappa shape index (κ3) is 3.77. The predicted molar refractivity (Wildman–Crippen MR) is 115 cm³/mol. The Balaban J connectivity index is 1.20. The third-order valence-electron chi connectivity index (χ3n) is 7.72. The monoisotopic (exact) mass is 410 g/mol. The number of hydrogen-bond acceptors (Lipinski definition) is 3. The molecule has 1 spiro atoms. The van der Waals surface area contributed by atoms with Gasteiger partial charge in [-0.05, 0) is 50.0 Å². The summed E-state index contributed by atoms with van der Waals surface area (Å²) in [7, 11) is 0. The number of β-lactam (4-membered cyclic amide) rings is 1. The van der Waals surface area contributed by atoms with Crippen molar-refractivity contribution in [1.82, 2.24) is 9.80 Å². The van der Waals surface area contributed by atoms with Gasteiger partial charge in [-0.25, -0.2) is 0 Å². The highest BCUT2D eigenvalue weighted by Gasteiger charge is 2.62. The maximum absolute atomic E-state index is 13.1. The Labute approximate surface area is 179 Å². The van der Waals surface area contributed by atoms with Crippen LogP contribution in [0, 0.1) is 5.92 Å². The van der Waals surface area contributed by atoms with Crippen LogP contribution in [0.1, 0.15) is 63.4 Å². The lowest BCUT2D eigenvalue weighted by Gasteiger charge is -2.62. The Kier molecular flexibility index (Phi) is 5.57. The fourth-order valence-corrected chi connectivity index (χ4v) is 5.85. The summed E-state index contributed by atoms with van der Waals surface area (Å²) in [5.74, 6) is 1.10. The van der Waals surface area contributed by atoms with Crippen LogP contribution in [0.2, 0.25) is 0 Å². The fourth-order valence-electron chi connectivity index (χ4n) is 5.85. The Bertz CT molecular complexity index is 762. The molecule has 2 heterocycles. The molecular weight excluding hydrogens is 376 g/mol. The SMILES string of the molecule is O=C(Cc1ccccc1)N1CCC(N2C(=O)C(OCC3CC3)C23CCCCC3)CC1. The summed E-state index contributed by atoms with van der Waals surface area (Å²) >= 11 is 0. The predicted octanol–water partition coefficient (Wildman–Crippen LogP) is 3.56. The number of carbonyl (C=O) groups is 2. The third-order valence-corrected chi connectivity index (χ3v) is 7.72. The Morgan fingerprint density at radius 3 is 2.37 bits per heavy atom. The maximum Gasteiger partial charge on any atom is 0.254 e. The van der Waals surface area contributed by atoms with Crippen molar-refractivity contribution in [3.05, 3.63) is 35.9 Å². The average Bonchev–Trinajstić information content (AvgIpc) is 3.60. The number of hydrogen-bond donors (Lipinski definition) is 0. The topological polar surface area (TPSA) is 49.9 Å². The van der Waals surface area contributed by atoms with Gasteiger partial charge in [-0.15, -0.1) is 0 Å². The molecule has 1 aromatic carbocycles. The van der Waals surface area contributed by atoms with Gasteiger partial charge in [0.05, 0.1) is 18.6 Å². The van der Waals surface area contributed by atoms with E-state index in [0.717, 1.165) is 50.9 Å². The first-order valence-electron chi connectivity index (χ1n) is 11.9. The van der Waals surface area contributed by atoms with Crippen LogP contribution in [0.3, 0.4) is 0 Å². The van der Waals surface area contributed by atoms with Crippen LogP contribution < -0.4 is 0 Å². The van der Waals surface area contributed by atoms with Crippen LogP contribution in [0.4, 0.5) is 0 Å². The van der Waals surface area contributed by atoms with Gasteiger partial charge in [0.25, 0.3) is 5.91 Å². The average molecular weight is 411 g/mol. The van der Waals surface area contributed by atoms with Crippen molar-refractivity contribution in [3.63, 3.8) is 0 Å². The number of piperidine rings is 1. The molecule has 4 aliphatic rings. The second-order valence-electron chi connectivity index (χ2n) is 9.80. The molecule has 162 valence electrons. The van der Waals surface area contributed by atoms with E-state index in [1.54, 1.807) is 0 Å². The lowest BCUT2D eigenvalue weighted by Crippen LogP contribution is -2.78. The Hall–Kier alpha value is -1.88. The van der Waals surface area contributed by atoms with E-state index in [1.807, 2.05) is 35.2 Å². The van der Waals surface area contributed by atoms with Gasteiger partial charge in [-0.2, -0.15) is 0 Å². The summed E-state index contributed by atoms with van der Waals surface area (Å²) < 4.78 is 6.20. The van der Waals surface area contributed by atoms with Crippen LogP contribution in [0.25, 0.3) is 0 Å². The summed E-state index contributed by atoms with van der Waals surface area (Å²) in [5.41, 5.74) is 1.00. The smallest absolute Gasteiger partial charge is 0.254 e. The molecular formula is C25H34N2O3. The highest BCUT2D eigenvalue weighted by Crippen LogP contribution is 2.48. The van der Waals surface area contributed by atoms with Crippen molar-refractivity contribution < 1.29 is 14.3 Å². The van der Waals surface area contributed by atoms with Gasteiger partial charge < -0.3 is 14.5 Å². The first-order valence-corrected chi connectivity index (χ1v) is 11.9. The number of amides is 2. The van der Waals surface area contributed by atoms with E-state index < -0.39 is 0 Å². The number of ether oxygens (including phenoxy) is 1. The molecule has 1 unspecified atom stereocenters. The van der Waals surface area contributed by atoms with Crippen molar-refractivity contribution in [2.75, 3.05) is 19.7 Å². The quantitative estimate of drug-likeness (QED) is 0.674. The summed E-state index contributed by atoms with van der Waals surface area (Å²) in [6.07, 6.45) is 10.4. The van der Waals surface area contributed by atoms with Crippen molar-refractivity contribution in [3.8, 4) is 0 Å². The summed E-state index contributed by atoms with van der Waals surface area (Å²) in [5, 5.41) is 0. The van der Waals surface area contributed by atoms with Crippen molar-refractivity contribution in [2.45, 2.75) is 81.9 Å². The lowest BCUT2D eigenvalue weighted by atomic mass is 9.68. The summed E-state index contributed by atoms with van der Waals surface area (Å²) in [6.45, 7) is 2.27.